The molecule has 6 heteroatoms. The molecule has 0 fully saturated rings. The minimum Gasteiger partial charge on any atom is -0.492 e. The van der Waals surface area contributed by atoms with Crippen molar-refractivity contribution in [3.63, 3.8) is 0 Å². The molecule has 0 saturated carbocycles. The molecule has 0 atom stereocenters. The summed E-state index contributed by atoms with van der Waals surface area (Å²) in [5, 5.41) is 2.94. The van der Waals surface area contributed by atoms with E-state index in [1.165, 1.54) is 4.57 Å². The maximum absolute atomic E-state index is 11.7. The van der Waals surface area contributed by atoms with Crippen LogP contribution in [0.15, 0.2) is 41.5 Å². The molecule has 0 radical (unpaired) electrons. The van der Waals surface area contributed by atoms with Crippen LogP contribution < -0.4 is 21.3 Å². The zero-order valence-electron chi connectivity index (χ0n) is 10.7. The van der Waals surface area contributed by atoms with E-state index in [1.807, 2.05) is 12.1 Å². The number of nitrogens with zero attached hydrogens (tertiary/aromatic N) is 2. The maximum Gasteiger partial charge on any atom is 0.293 e. The van der Waals surface area contributed by atoms with Gasteiger partial charge in [-0.05, 0) is 12.1 Å². The SMILES string of the molecule is Cn1ccnc(NCCOc2cccc(N)c2)c1=O. The van der Waals surface area contributed by atoms with Crippen molar-refractivity contribution in [1.82, 2.24) is 9.55 Å². The zero-order chi connectivity index (χ0) is 13.7. The molecule has 0 aliphatic carbocycles. The summed E-state index contributed by atoms with van der Waals surface area (Å²) in [5.74, 6) is 1.02. The van der Waals surface area contributed by atoms with Crippen LogP contribution in [0.4, 0.5) is 11.5 Å². The van der Waals surface area contributed by atoms with Crippen LogP contribution in [0.2, 0.25) is 0 Å². The van der Waals surface area contributed by atoms with Crippen molar-refractivity contribution in [2.24, 2.45) is 7.05 Å². The maximum atomic E-state index is 11.7. The summed E-state index contributed by atoms with van der Waals surface area (Å²) < 4.78 is 6.97. The summed E-state index contributed by atoms with van der Waals surface area (Å²) >= 11 is 0. The first-order valence-corrected chi connectivity index (χ1v) is 5.90. The van der Waals surface area contributed by atoms with Gasteiger partial charge in [-0.3, -0.25) is 4.79 Å². The molecule has 2 rings (SSSR count). The van der Waals surface area contributed by atoms with Crippen LogP contribution >= 0.6 is 0 Å². The van der Waals surface area contributed by atoms with Gasteiger partial charge in [-0.1, -0.05) is 6.07 Å². The number of nitrogens with one attached hydrogen (secondary N) is 1. The Morgan fingerprint density at radius 3 is 3.11 bits per heavy atom. The standard InChI is InChI=1S/C13H16N4O2/c1-17-7-5-15-12(13(17)18)16-6-8-19-11-4-2-3-10(14)9-11/h2-5,7,9H,6,8,14H2,1H3,(H,15,16). The van der Waals surface area contributed by atoms with E-state index in [4.69, 9.17) is 10.5 Å². The Hall–Kier alpha value is -2.50. The van der Waals surface area contributed by atoms with Crippen molar-refractivity contribution >= 4 is 11.5 Å². The van der Waals surface area contributed by atoms with Gasteiger partial charge < -0.3 is 20.4 Å². The van der Waals surface area contributed by atoms with E-state index in [0.717, 1.165) is 0 Å². The molecule has 1 aromatic carbocycles. The fourth-order valence-electron chi connectivity index (χ4n) is 1.56. The summed E-state index contributed by atoms with van der Waals surface area (Å²) in [6.07, 6.45) is 3.18. The Balaban J connectivity index is 1.84. The first kappa shape index (κ1) is 12.9. The van der Waals surface area contributed by atoms with E-state index in [9.17, 15) is 4.79 Å². The molecule has 1 aromatic heterocycles. The van der Waals surface area contributed by atoms with Gasteiger partial charge in [-0.25, -0.2) is 4.98 Å². The lowest BCUT2D eigenvalue weighted by molar-refractivity contribution is 0.333. The van der Waals surface area contributed by atoms with Crippen LogP contribution in [-0.2, 0) is 7.05 Å². The van der Waals surface area contributed by atoms with E-state index in [2.05, 4.69) is 10.3 Å². The number of nitrogens with two attached hydrogens (primary N) is 1. The van der Waals surface area contributed by atoms with Crippen LogP contribution in [0.1, 0.15) is 0 Å². The van der Waals surface area contributed by atoms with Gasteiger partial charge >= 0.3 is 0 Å². The molecule has 0 saturated heterocycles. The third-order valence-corrected chi connectivity index (χ3v) is 2.54. The summed E-state index contributed by atoms with van der Waals surface area (Å²) in [6.45, 7) is 0.907. The normalized spacial score (nSPS) is 10.2. The molecule has 0 spiro atoms. The predicted molar refractivity (Wildman–Crippen MR) is 74.3 cm³/mol. The minimum atomic E-state index is -0.161. The smallest absolute Gasteiger partial charge is 0.293 e. The molecule has 2 aromatic rings. The Kier molecular flexibility index (Phi) is 4.02. The molecular formula is C13H16N4O2. The number of aromatic nitrogens is 2. The lowest BCUT2D eigenvalue weighted by Crippen LogP contribution is -2.24. The predicted octanol–water partition coefficient (Wildman–Crippen LogP) is 0.853. The number of hydrogen-bond acceptors (Lipinski definition) is 5. The van der Waals surface area contributed by atoms with Gasteiger partial charge in [-0.15, -0.1) is 0 Å². The Labute approximate surface area is 110 Å². The van der Waals surface area contributed by atoms with Gasteiger partial charge in [0, 0.05) is 31.2 Å². The van der Waals surface area contributed by atoms with Crippen LogP contribution in [0.25, 0.3) is 0 Å². The van der Waals surface area contributed by atoms with E-state index < -0.39 is 0 Å². The lowest BCUT2D eigenvalue weighted by atomic mass is 10.3. The number of nitrogen functional groups attached to an aromatic ring is 1. The van der Waals surface area contributed by atoms with Crippen molar-refractivity contribution in [2.75, 3.05) is 24.2 Å². The topological polar surface area (TPSA) is 82.2 Å². The molecule has 100 valence electrons. The number of aryl methyl sites for hydroxylation is 1. The molecule has 0 aliphatic rings. The fraction of sp³-hybridized carbons (Fsp3) is 0.231. The number of hydrogen-bond donors (Lipinski definition) is 2. The second kappa shape index (κ2) is 5.90. The molecule has 0 amide bonds. The molecule has 3 N–H and O–H groups in total. The van der Waals surface area contributed by atoms with Crippen molar-refractivity contribution in [2.45, 2.75) is 0 Å². The van der Waals surface area contributed by atoms with Crippen molar-refractivity contribution in [3.05, 3.63) is 47.0 Å². The molecule has 1 heterocycles. The van der Waals surface area contributed by atoms with E-state index in [-0.39, 0.29) is 5.56 Å². The van der Waals surface area contributed by atoms with Crippen LogP contribution in [0, 0.1) is 0 Å². The summed E-state index contributed by atoms with van der Waals surface area (Å²) in [6, 6.07) is 7.20. The van der Waals surface area contributed by atoms with E-state index in [0.29, 0.717) is 30.4 Å². The van der Waals surface area contributed by atoms with Gasteiger partial charge in [0.15, 0.2) is 5.82 Å². The first-order valence-electron chi connectivity index (χ1n) is 5.90. The fourth-order valence-corrected chi connectivity index (χ4v) is 1.56. The summed E-state index contributed by atoms with van der Waals surface area (Å²) in [5.41, 5.74) is 6.14. The second-order valence-electron chi connectivity index (χ2n) is 4.04. The van der Waals surface area contributed by atoms with Gasteiger partial charge in [0.05, 0.1) is 6.54 Å². The van der Waals surface area contributed by atoms with Crippen molar-refractivity contribution in [3.8, 4) is 5.75 Å². The third kappa shape index (κ3) is 3.48. The molecule has 0 unspecified atom stereocenters. The quantitative estimate of drug-likeness (QED) is 0.615. The second-order valence-corrected chi connectivity index (χ2v) is 4.04. The largest absolute Gasteiger partial charge is 0.492 e. The van der Waals surface area contributed by atoms with Crippen LogP contribution in [0.3, 0.4) is 0 Å². The van der Waals surface area contributed by atoms with E-state index in [1.54, 1.807) is 31.6 Å². The molecule has 0 bridgehead atoms. The average Bonchev–Trinajstić information content (AvgIpc) is 2.39. The van der Waals surface area contributed by atoms with Gasteiger partial charge in [0.1, 0.15) is 12.4 Å². The number of anilines is 2. The van der Waals surface area contributed by atoms with Crippen LogP contribution in [-0.4, -0.2) is 22.7 Å². The Bertz CT molecular complexity index is 610. The van der Waals surface area contributed by atoms with Gasteiger partial charge in [0.25, 0.3) is 5.56 Å². The number of ether oxygens (including phenoxy) is 1. The summed E-state index contributed by atoms with van der Waals surface area (Å²) in [4.78, 5) is 15.6. The van der Waals surface area contributed by atoms with Gasteiger partial charge in [0.2, 0.25) is 0 Å². The lowest BCUT2D eigenvalue weighted by Gasteiger charge is -2.08. The molecule has 6 nitrogen and oxygen atoms in total. The van der Waals surface area contributed by atoms with Crippen LogP contribution in [0.5, 0.6) is 5.75 Å². The minimum absolute atomic E-state index is 0.161. The summed E-state index contributed by atoms with van der Waals surface area (Å²) in [7, 11) is 1.68. The third-order valence-electron chi connectivity index (χ3n) is 2.54. The highest BCUT2D eigenvalue weighted by molar-refractivity contribution is 5.43. The van der Waals surface area contributed by atoms with E-state index >= 15 is 0 Å². The average molecular weight is 260 g/mol. The Morgan fingerprint density at radius 1 is 1.47 bits per heavy atom. The monoisotopic (exact) mass is 260 g/mol. The Morgan fingerprint density at radius 2 is 2.32 bits per heavy atom. The number of benzene rings is 1. The first-order chi connectivity index (χ1) is 9.16. The van der Waals surface area contributed by atoms with Gasteiger partial charge in [-0.2, -0.15) is 0 Å². The molecule has 19 heavy (non-hydrogen) atoms. The van der Waals surface area contributed by atoms with Crippen molar-refractivity contribution < 1.29 is 4.74 Å². The highest BCUT2D eigenvalue weighted by atomic mass is 16.5. The highest BCUT2D eigenvalue weighted by Crippen LogP contribution is 2.13. The molecule has 0 aliphatic heterocycles. The van der Waals surface area contributed by atoms with Crippen molar-refractivity contribution in [1.29, 1.82) is 0 Å². The number of rotatable bonds is 5. The zero-order valence-corrected chi connectivity index (χ0v) is 10.7. The highest BCUT2D eigenvalue weighted by Gasteiger charge is 2.01. The molecular weight excluding hydrogens is 244 g/mol.